The molecule has 1 aliphatic rings. The van der Waals surface area contributed by atoms with Crippen LogP contribution in [0.2, 0.25) is 0 Å². The maximum absolute atomic E-state index is 12.7. The highest BCUT2D eigenvalue weighted by Crippen LogP contribution is 2.29. The molecule has 0 atom stereocenters. The van der Waals surface area contributed by atoms with Crippen LogP contribution in [0.3, 0.4) is 0 Å². The summed E-state index contributed by atoms with van der Waals surface area (Å²) in [5, 5.41) is 8.62. The molecule has 6 nitrogen and oxygen atoms in total. The fraction of sp³-hybridized carbons (Fsp3) is 0.353. The molecule has 0 saturated carbocycles. The van der Waals surface area contributed by atoms with E-state index in [1.807, 2.05) is 21.7 Å². The van der Waals surface area contributed by atoms with Gasteiger partial charge in [0.25, 0.3) is 5.91 Å². The van der Waals surface area contributed by atoms with E-state index in [0.717, 1.165) is 48.6 Å². The van der Waals surface area contributed by atoms with Gasteiger partial charge in [0.1, 0.15) is 5.69 Å². The third-order valence-electron chi connectivity index (χ3n) is 4.35. The van der Waals surface area contributed by atoms with Gasteiger partial charge in [-0.1, -0.05) is 6.92 Å². The highest BCUT2D eigenvalue weighted by molar-refractivity contribution is 7.08. The molecule has 24 heavy (non-hydrogen) atoms. The number of aromatic amines is 1. The van der Waals surface area contributed by atoms with Crippen molar-refractivity contribution in [2.75, 3.05) is 6.54 Å². The molecule has 0 fully saturated rings. The van der Waals surface area contributed by atoms with Crippen LogP contribution in [0.5, 0.6) is 0 Å². The maximum Gasteiger partial charge on any atom is 0.255 e. The molecule has 0 aromatic carbocycles. The third kappa shape index (κ3) is 2.54. The number of aryl methyl sites for hydroxylation is 1. The molecule has 1 aliphatic heterocycles. The van der Waals surface area contributed by atoms with Gasteiger partial charge in [-0.3, -0.25) is 9.48 Å². The van der Waals surface area contributed by atoms with Crippen molar-refractivity contribution in [3.8, 4) is 11.5 Å². The first-order valence-electron chi connectivity index (χ1n) is 8.17. The molecule has 4 rings (SSSR count). The normalized spacial score (nSPS) is 14.0. The Bertz CT molecular complexity index is 835. The lowest BCUT2D eigenvalue weighted by Gasteiger charge is -2.27. The lowest BCUT2D eigenvalue weighted by molar-refractivity contribution is 0.0734. The van der Waals surface area contributed by atoms with Crippen molar-refractivity contribution >= 4 is 17.2 Å². The van der Waals surface area contributed by atoms with E-state index < -0.39 is 0 Å². The van der Waals surface area contributed by atoms with E-state index in [1.54, 1.807) is 23.7 Å². The molecule has 0 aliphatic carbocycles. The molecule has 0 bridgehead atoms. The largest absolute Gasteiger partial charge is 0.343 e. The van der Waals surface area contributed by atoms with Gasteiger partial charge < -0.3 is 9.88 Å². The number of amides is 1. The van der Waals surface area contributed by atoms with Crippen LogP contribution >= 0.6 is 11.3 Å². The highest BCUT2D eigenvalue weighted by Gasteiger charge is 2.29. The summed E-state index contributed by atoms with van der Waals surface area (Å²) < 4.78 is 2.08. The van der Waals surface area contributed by atoms with Gasteiger partial charge in [-0.15, -0.1) is 0 Å². The number of aromatic nitrogens is 4. The second-order valence-electron chi connectivity index (χ2n) is 5.92. The zero-order chi connectivity index (χ0) is 16.5. The number of H-pyrrole nitrogens is 1. The van der Waals surface area contributed by atoms with E-state index in [1.165, 1.54) is 5.69 Å². The topological polar surface area (TPSA) is 66.8 Å². The Balaban J connectivity index is 1.70. The number of thiophene rings is 1. The van der Waals surface area contributed by atoms with Gasteiger partial charge in [-0.2, -0.15) is 16.4 Å². The van der Waals surface area contributed by atoms with Crippen LogP contribution in [0.4, 0.5) is 0 Å². The van der Waals surface area contributed by atoms with Gasteiger partial charge >= 0.3 is 0 Å². The van der Waals surface area contributed by atoms with Gasteiger partial charge in [0, 0.05) is 48.5 Å². The third-order valence-corrected chi connectivity index (χ3v) is 5.03. The number of rotatable bonds is 4. The van der Waals surface area contributed by atoms with E-state index in [4.69, 9.17) is 5.10 Å². The van der Waals surface area contributed by atoms with E-state index in [0.29, 0.717) is 6.54 Å². The van der Waals surface area contributed by atoms with Gasteiger partial charge in [0.05, 0.1) is 12.1 Å². The zero-order valence-electron chi connectivity index (χ0n) is 13.5. The van der Waals surface area contributed by atoms with Crippen molar-refractivity contribution < 1.29 is 4.79 Å². The van der Waals surface area contributed by atoms with E-state index >= 15 is 0 Å². The smallest absolute Gasteiger partial charge is 0.255 e. The van der Waals surface area contributed by atoms with Crippen molar-refractivity contribution in [2.24, 2.45) is 0 Å². The zero-order valence-corrected chi connectivity index (χ0v) is 14.3. The summed E-state index contributed by atoms with van der Waals surface area (Å²) in [6, 6.07) is 1.89. The second kappa shape index (κ2) is 6.24. The lowest BCUT2D eigenvalue weighted by Crippen LogP contribution is -2.36. The number of fused-ring (bicyclic) bond motifs is 1. The molecule has 0 radical (unpaired) electrons. The molecule has 4 heterocycles. The Morgan fingerprint density at radius 2 is 2.38 bits per heavy atom. The van der Waals surface area contributed by atoms with E-state index in [9.17, 15) is 4.79 Å². The summed E-state index contributed by atoms with van der Waals surface area (Å²) >= 11 is 1.55. The SMILES string of the molecule is CCCn1nc(-c2ncc[nH]2)c2c1CCN(C(=O)c1ccsc1)C2. The van der Waals surface area contributed by atoms with Gasteiger partial charge in [-0.25, -0.2) is 4.98 Å². The summed E-state index contributed by atoms with van der Waals surface area (Å²) in [4.78, 5) is 22.1. The molecular formula is C17H19N5OS. The van der Waals surface area contributed by atoms with Crippen molar-refractivity contribution in [2.45, 2.75) is 32.9 Å². The molecule has 3 aromatic heterocycles. The van der Waals surface area contributed by atoms with E-state index in [2.05, 4.69) is 21.6 Å². The minimum absolute atomic E-state index is 0.0931. The first kappa shape index (κ1) is 15.1. The highest BCUT2D eigenvalue weighted by atomic mass is 32.1. The van der Waals surface area contributed by atoms with Crippen LogP contribution in [-0.2, 0) is 19.5 Å². The summed E-state index contributed by atoms with van der Waals surface area (Å²) in [5.41, 5.74) is 3.99. The number of carbonyl (C=O) groups is 1. The first-order valence-corrected chi connectivity index (χ1v) is 9.12. The average Bonchev–Trinajstić information content (AvgIpc) is 3.35. The Morgan fingerprint density at radius 3 is 3.08 bits per heavy atom. The predicted octanol–water partition coefficient (Wildman–Crippen LogP) is 2.94. The summed E-state index contributed by atoms with van der Waals surface area (Å²) in [6.07, 6.45) is 5.40. The summed E-state index contributed by atoms with van der Waals surface area (Å²) in [5.74, 6) is 0.862. The van der Waals surface area contributed by atoms with Crippen LogP contribution in [0.1, 0.15) is 35.0 Å². The van der Waals surface area contributed by atoms with Crippen molar-refractivity contribution in [3.63, 3.8) is 0 Å². The molecular weight excluding hydrogens is 322 g/mol. The van der Waals surface area contributed by atoms with Crippen molar-refractivity contribution in [3.05, 3.63) is 46.0 Å². The second-order valence-corrected chi connectivity index (χ2v) is 6.70. The number of carbonyl (C=O) groups excluding carboxylic acids is 1. The maximum atomic E-state index is 12.7. The van der Waals surface area contributed by atoms with Gasteiger partial charge in [-0.05, 0) is 17.9 Å². The van der Waals surface area contributed by atoms with Crippen LogP contribution in [0.15, 0.2) is 29.2 Å². The molecule has 0 unspecified atom stereocenters. The molecule has 1 N–H and O–H groups in total. The van der Waals surface area contributed by atoms with Crippen LogP contribution in [0, 0.1) is 0 Å². The molecule has 7 heteroatoms. The predicted molar refractivity (Wildman–Crippen MR) is 92.9 cm³/mol. The Kier molecular flexibility index (Phi) is 3.93. The summed E-state index contributed by atoms with van der Waals surface area (Å²) in [6.45, 7) is 4.36. The lowest BCUT2D eigenvalue weighted by atomic mass is 10.0. The van der Waals surface area contributed by atoms with Crippen molar-refractivity contribution in [1.29, 1.82) is 0 Å². The number of hydrogen-bond acceptors (Lipinski definition) is 4. The minimum Gasteiger partial charge on any atom is -0.343 e. The first-order chi connectivity index (χ1) is 11.8. The molecule has 124 valence electrons. The Labute approximate surface area is 144 Å². The Hall–Kier alpha value is -2.41. The molecule has 1 amide bonds. The fourth-order valence-electron chi connectivity index (χ4n) is 3.21. The number of nitrogens with one attached hydrogen (secondary N) is 1. The molecule has 0 spiro atoms. The molecule has 3 aromatic rings. The standard InChI is InChI=1S/C17H19N5OS/c1-2-7-22-14-3-8-21(17(23)12-4-9-24-11-12)10-13(14)15(20-22)16-18-5-6-19-16/h4-6,9,11H,2-3,7-8,10H2,1H3,(H,18,19). The van der Waals surface area contributed by atoms with Crippen molar-refractivity contribution in [1.82, 2.24) is 24.6 Å². The minimum atomic E-state index is 0.0931. The number of nitrogens with zero attached hydrogens (tertiary/aromatic N) is 4. The average molecular weight is 341 g/mol. The van der Waals surface area contributed by atoms with Crippen LogP contribution < -0.4 is 0 Å². The fourth-order valence-corrected chi connectivity index (χ4v) is 3.84. The number of hydrogen-bond donors (Lipinski definition) is 1. The summed E-state index contributed by atoms with van der Waals surface area (Å²) in [7, 11) is 0. The van der Waals surface area contributed by atoms with Gasteiger partial charge in [0.2, 0.25) is 0 Å². The number of imidazole rings is 1. The van der Waals surface area contributed by atoms with Crippen LogP contribution in [0.25, 0.3) is 11.5 Å². The monoisotopic (exact) mass is 341 g/mol. The Morgan fingerprint density at radius 1 is 1.46 bits per heavy atom. The van der Waals surface area contributed by atoms with Crippen LogP contribution in [-0.4, -0.2) is 37.1 Å². The van der Waals surface area contributed by atoms with E-state index in [-0.39, 0.29) is 5.91 Å². The van der Waals surface area contributed by atoms with Gasteiger partial charge in [0.15, 0.2) is 5.82 Å². The quantitative estimate of drug-likeness (QED) is 0.793. The molecule has 0 saturated heterocycles.